The maximum atomic E-state index is 5.96. The average Bonchev–Trinajstić information content (AvgIpc) is 2.87. The van der Waals surface area contributed by atoms with Gasteiger partial charge in [0, 0.05) is 11.6 Å². The van der Waals surface area contributed by atoms with E-state index < -0.39 is 0 Å². The number of fused-ring (bicyclic) bond motifs is 1. The molecule has 0 fully saturated rings. The Labute approximate surface area is 108 Å². The third-order valence-corrected chi connectivity index (χ3v) is 3.67. The summed E-state index contributed by atoms with van der Waals surface area (Å²) >= 11 is 1.63. The molecule has 6 heteroatoms. The van der Waals surface area contributed by atoms with Gasteiger partial charge in [-0.3, -0.25) is 4.57 Å². The number of hydrogen-bond donors (Lipinski definition) is 1. The third-order valence-electron chi connectivity index (χ3n) is 2.85. The van der Waals surface area contributed by atoms with Crippen molar-refractivity contribution in [2.75, 3.05) is 5.73 Å². The molecule has 18 heavy (non-hydrogen) atoms. The van der Waals surface area contributed by atoms with Crippen LogP contribution in [0.3, 0.4) is 0 Å². The van der Waals surface area contributed by atoms with Gasteiger partial charge in [0.2, 0.25) is 5.95 Å². The molecule has 3 rings (SSSR count). The van der Waals surface area contributed by atoms with Crippen LogP contribution in [0.25, 0.3) is 11.2 Å². The van der Waals surface area contributed by atoms with E-state index in [1.807, 2.05) is 29.9 Å². The Morgan fingerprint density at radius 1 is 1.33 bits per heavy atom. The van der Waals surface area contributed by atoms with Crippen molar-refractivity contribution in [1.82, 2.24) is 19.5 Å². The highest BCUT2D eigenvalue weighted by Crippen LogP contribution is 2.20. The number of imidazole rings is 1. The summed E-state index contributed by atoms with van der Waals surface area (Å²) in [5, 5.41) is 3.09. The second kappa shape index (κ2) is 4.06. The molecule has 92 valence electrons. The minimum Gasteiger partial charge on any atom is -0.369 e. The number of anilines is 1. The summed E-state index contributed by atoms with van der Waals surface area (Å²) in [6.07, 6.45) is 1.78. The zero-order chi connectivity index (χ0) is 12.7. The zero-order valence-electron chi connectivity index (χ0n) is 10.2. The van der Waals surface area contributed by atoms with Crippen molar-refractivity contribution in [1.29, 1.82) is 0 Å². The van der Waals surface area contributed by atoms with Crippen LogP contribution < -0.4 is 5.73 Å². The Balaban J connectivity index is 2.11. The molecular formula is C12H13N5S. The normalized spacial score (nSPS) is 11.2. The summed E-state index contributed by atoms with van der Waals surface area (Å²) in [7, 11) is 0. The maximum Gasteiger partial charge on any atom is 0.202 e. The van der Waals surface area contributed by atoms with Gasteiger partial charge in [-0.2, -0.15) is 0 Å². The summed E-state index contributed by atoms with van der Waals surface area (Å²) in [5.41, 5.74) is 9.72. The van der Waals surface area contributed by atoms with E-state index >= 15 is 0 Å². The third kappa shape index (κ3) is 1.74. The molecule has 0 aromatic carbocycles. The fourth-order valence-corrected chi connectivity index (χ4v) is 2.56. The first-order chi connectivity index (χ1) is 8.65. The quantitative estimate of drug-likeness (QED) is 0.765. The molecule has 0 aliphatic heterocycles. The largest absolute Gasteiger partial charge is 0.369 e. The van der Waals surface area contributed by atoms with Gasteiger partial charge < -0.3 is 5.73 Å². The highest BCUT2D eigenvalue weighted by molar-refractivity contribution is 7.09. The number of rotatable bonds is 2. The second-order valence-electron chi connectivity index (χ2n) is 4.21. The molecule has 0 aliphatic carbocycles. The molecule has 3 heterocycles. The van der Waals surface area contributed by atoms with Crippen LogP contribution in [0.5, 0.6) is 0 Å². The summed E-state index contributed by atoms with van der Waals surface area (Å²) in [6.45, 7) is 4.61. The van der Waals surface area contributed by atoms with Crippen molar-refractivity contribution >= 4 is 28.4 Å². The van der Waals surface area contributed by atoms with Gasteiger partial charge in [-0.25, -0.2) is 15.0 Å². The van der Waals surface area contributed by atoms with Gasteiger partial charge in [-0.1, -0.05) is 0 Å². The van der Waals surface area contributed by atoms with Crippen LogP contribution in [-0.2, 0) is 6.54 Å². The Kier molecular flexibility index (Phi) is 2.52. The molecule has 0 saturated heterocycles. The molecule has 0 saturated carbocycles. The summed E-state index contributed by atoms with van der Waals surface area (Å²) in [6, 6.07) is 1.94. The lowest BCUT2D eigenvalue weighted by Gasteiger charge is -2.03. The van der Waals surface area contributed by atoms with E-state index in [4.69, 9.17) is 5.73 Å². The fourth-order valence-electron chi connectivity index (χ4n) is 1.95. The molecule has 0 aliphatic rings. The van der Waals surface area contributed by atoms with Gasteiger partial charge in [0.1, 0.15) is 5.52 Å². The maximum absolute atomic E-state index is 5.96. The first-order valence-electron chi connectivity index (χ1n) is 5.63. The smallest absolute Gasteiger partial charge is 0.202 e. The van der Waals surface area contributed by atoms with Gasteiger partial charge in [-0.15, -0.1) is 11.3 Å². The fraction of sp³-hybridized carbons (Fsp3) is 0.250. The molecule has 0 radical (unpaired) electrons. The van der Waals surface area contributed by atoms with Crippen molar-refractivity contribution < 1.29 is 0 Å². The van der Waals surface area contributed by atoms with Crippen molar-refractivity contribution in [2.45, 2.75) is 20.4 Å². The average molecular weight is 259 g/mol. The minimum atomic E-state index is 0.484. The number of thiazole rings is 1. The monoisotopic (exact) mass is 259 g/mol. The van der Waals surface area contributed by atoms with Crippen LogP contribution in [0.15, 0.2) is 17.6 Å². The van der Waals surface area contributed by atoms with Crippen LogP contribution >= 0.6 is 11.3 Å². The lowest BCUT2D eigenvalue weighted by molar-refractivity contribution is 0.804. The number of hydrogen-bond acceptors (Lipinski definition) is 5. The van der Waals surface area contributed by atoms with E-state index in [2.05, 4.69) is 15.0 Å². The minimum absolute atomic E-state index is 0.484. The molecule has 0 bridgehead atoms. The number of nitrogens with zero attached hydrogens (tertiary/aromatic N) is 4. The topological polar surface area (TPSA) is 69.6 Å². The Hall–Kier alpha value is -1.95. The molecule has 5 nitrogen and oxygen atoms in total. The molecule has 2 N–H and O–H groups in total. The molecule has 0 amide bonds. The number of pyridine rings is 1. The first kappa shape index (κ1) is 11.2. The summed E-state index contributed by atoms with van der Waals surface area (Å²) < 4.78 is 1.90. The zero-order valence-corrected chi connectivity index (χ0v) is 11.0. The van der Waals surface area contributed by atoms with Gasteiger partial charge in [-0.05, 0) is 25.5 Å². The van der Waals surface area contributed by atoms with Crippen LogP contribution in [0, 0.1) is 13.8 Å². The first-order valence-corrected chi connectivity index (χ1v) is 6.51. The summed E-state index contributed by atoms with van der Waals surface area (Å²) in [5.74, 6) is 0.484. The van der Waals surface area contributed by atoms with Gasteiger partial charge >= 0.3 is 0 Å². The number of aryl methyl sites for hydroxylation is 2. The molecule has 3 aromatic rings. The highest BCUT2D eigenvalue weighted by atomic mass is 32.1. The SMILES string of the molecule is Cc1nc(Cn2c(N)nc3c(C)ccnc32)cs1. The predicted octanol–water partition coefficient (Wildman–Crippen LogP) is 2.14. The van der Waals surface area contributed by atoms with Gasteiger partial charge in [0.15, 0.2) is 5.65 Å². The van der Waals surface area contributed by atoms with Crippen LogP contribution in [0.2, 0.25) is 0 Å². The second-order valence-corrected chi connectivity index (χ2v) is 5.28. The summed E-state index contributed by atoms with van der Waals surface area (Å²) in [4.78, 5) is 13.2. The van der Waals surface area contributed by atoms with Crippen molar-refractivity contribution in [2.24, 2.45) is 0 Å². The number of nitrogens with two attached hydrogens (primary N) is 1. The standard InChI is InChI=1S/C12H13N5S/c1-7-3-4-14-11-10(7)16-12(13)17(11)5-9-6-18-8(2)15-9/h3-4,6H,5H2,1-2H3,(H2,13,16). The predicted molar refractivity (Wildman–Crippen MR) is 72.6 cm³/mol. The van der Waals surface area contributed by atoms with Crippen LogP contribution in [0.4, 0.5) is 5.95 Å². The van der Waals surface area contributed by atoms with Gasteiger partial charge in [0.05, 0.1) is 17.2 Å². The van der Waals surface area contributed by atoms with E-state index in [0.29, 0.717) is 12.5 Å². The Morgan fingerprint density at radius 3 is 2.89 bits per heavy atom. The van der Waals surface area contributed by atoms with Crippen molar-refractivity contribution in [3.63, 3.8) is 0 Å². The Bertz CT molecular complexity index is 712. The van der Waals surface area contributed by atoms with Crippen molar-refractivity contribution in [3.8, 4) is 0 Å². The van der Waals surface area contributed by atoms with E-state index in [1.165, 1.54) is 0 Å². The van der Waals surface area contributed by atoms with Gasteiger partial charge in [0.25, 0.3) is 0 Å². The highest BCUT2D eigenvalue weighted by Gasteiger charge is 2.12. The number of aromatic nitrogens is 4. The molecule has 0 atom stereocenters. The number of nitrogen functional groups attached to an aromatic ring is 1. The van der Waals surface area contributed by atoms with E-state index in [-0.39, 0.29) is 0 Å². The molecular weight excluding hydrogens is 246 g/mol. The molecule has 0 spiro atoms. The van der Waals surface area contributed by atoms with Crippen LogP contribution in [-0.4, -0.2) is 19.5 Å². The van der Waals surface area contributed by atoms with E-state index in [1.54, 1.807) is 17.5 Å². The van der Waals surface area contributed by atoms with E-state index in [9.17, 15) is 0 Å². The molecule has 0 unspecified atom stereocenters. The van der Waals surface area contributed by atoms with E-state index in [0.717, 1.165) is 27.4 Å². The lowest BCUT2D eigenvalue weighted by atomic mass is 10.3. The lowest BCUT2D eigenvalue weighted by Crippen LogP contribution is -2.05. The Morgan fingerprint density at radius 2 is 2.17 bits per heavy atom. The van der Waals surface area contributed by atoms with Crippen LogP contribution in [0.1, 0.15) is 16.3 Å². The van der Waals surface area contributed by atoms with Crippen molar-refractivity contribution in [3.05, 3.63) is 33.9 Å². The molecule has 3 aromatic heterocycles.